The predicted molar refractivity (Wildman–Crippen MR) is 156 cm³/mol. The second-order valence-corrected chi connectivity index (χ2v) is 12.0. The highest BCUT2D eigenvalue weighted by molar-refractivity contribution is 7.52. The highest BCUT2D eigenvalue weighted by Crippen LogP contribution is 2.49. The van der Waals surface area contributed by atoms with Gasteiger partial charge in [-0.05, 0) is 39.1 Å². The molecule has 230 valence electrons. The maximum Gasteiger partial charge on any atom is 0.459 e. The van der Waals surface area contributed by atoms with Gasteiger partial charge < -0.3 is 24.4 Å². The van der Waals surface area contributed by atoms with Crippen LogP contribution in [0, 0.1) is 6.92 Å². The number of hydrogen-bond donors (Lipinski definition) is 3. The molecule has 1 aliphatic heterocycles. The zero-order valence-electron chi connectivity index (χ0n) is 24.4. The second kappa shape index (κ2) is 12.1. The van der Waals surface area contributed by atoms with Crippen LogP contribution in [0.4, 0.5) is 10.2 Å². The van der Waals surface area contributed by atoms with Crippen LogP contribution in [-0.2, 0) is 23.4 Å². The average Bonchev–Trinajstić information content (AvgIpc) is 3.49. The molecule has 0 saturated carbocycles. The number of ether oxygens (including phenoxy) is 2. The standard InChI is InChI=1S/C28H34FN6O7P/c1-6-39-26(37)16(2)34-43(38,42-20-13-9-11-18-10-7-8-12-19(18)20)40-14-21-23(36)28(4,29)27(41-21)35-15-31-22-24(30-5)32-17(3)33-25(22)35/h7-13,15-16,21,23,27,36H,6,14H2,1-5H3,(H,34,38)(H,30,32,33)/t16-,21+,23+,27+,28+,43?/m0/s1. The van der Waals surface area contributed by atoms with Crippen LogP contribution >= 0.6 is 7.75 Å². The molecule has 1 unspecified atom stereocenters. The number of imidazole rings is 1. The number of aliphatic hydroxyl groups excluding tert-OH is 1. The first-order chi connectivity index (χ1) is 20.5. The molecule has 3 N–H and O–H groups in total. The van der Waals surface area contributed by atoms with E-state index in [1.54, 1.807) is 45.2 Å². The molecule has 0 amide bonds. The van der Waals surface area contributed by atoms with Gasteiger partial charge in [-0.1, -0.05) is 36.4 Å². The normalized spacial score (nSPS) is 24.1. The lowest BCUT2D eigenvalue weighted by atomic mass is 9.98. The van der Waals surface area contributed by atoms with Gasteiger partial charge in [-0.25, -0.2) is 23.9 Å². The van der Waals surface area contributed by atoms with Crippen LogP contribution in [0.3, 0.4) is 0 Å². The van der Waals surface area contributed by atoms with E-state index in [0.29, 0.717) is 28.2 Å². The predicted octanol–water partition coefficient (Wildman–Crippen LogP) is 4.06. The van der Waals surface area contributed by atoms with Crippen LogP contribution < -0.4 is 14.9 Å². The Bertz CT molecular complexity index is 1680. The molecular formula is C28H34FN6O7P. The largest absolute Gasteiger partial charge is 0.465 e. The number of rotatable bonds is 11. The van der Waals surface area contributed by atoms with E-state index in [-0.39, 0.29) is 12.4 Å². The Morgan fingerprint density at radius 2 is 2.00 bits per heavy atom. The number of carbonyl (C=O) groups is 1. The summed E-state index contributed by atoms with van der Waals surface area (Å²) in [6.45, 7) is 5.53. The molecule has 0 bridgehead atoms. The minimum Gasteiger partial charge on any atom is -0.465 e. The topological polar surface area (TPSA) is 159 Å². The van der Waals surface area contributed by atoms with Crippen LogP contribution in [0.2, 0.25) is 0 Å². The summed E-state index contributed by atoms with van der Waals surface area (Å²) >= 11 is 0. The molecule has 4 aromatic rings. The molecule has 5 rings (SSSR count). The van der Waals surface area contributed by atoms with Crippen LogP contribution in [0.15, 0.2) is 48.8 Å². The van der Waals surface area contributed by atoms with Crippen molar-refractivity contribution < 1.29 is 37.4 Å². The van der Waals surface area contributed by atoms with Crippen molar-refractivity contribution in [3.05, 3.63) is 54.6 Å². The van der Waals surface area contributed by atoms with Gasteiger partial charge in [-0.2, -0.15) is 5.09 Å². The third kappa shape index (κ3) is 6.06. The van der Waals surface area contributed by atoms with Gasteiger partial charge >= 0.3 is 13.7 Å². The Morgan fingerprint density at radius 3 is 2.74 bits per heavy atom. The summed E-state index contributed by atoms with van der Waals surface area (Å²) < 4.78 is 54.3. The lowest BCUT2D eigenvalue weighted by Crippen LogP contribution is -2.41. The average molecular weight is 617 g/mol. The summed E-state index contributed by atoms with van der Waals surface area (Å²) in [5, 5.41) is 18.0. The number of anilines is 1. The molecule has 0 aliphatic carbocycles. The van der Waals surface area contributed by atoms with Gasteiger partial charge in [0.2, 0.25) is 0 Å². The fraction of sp³-hybridized carbons (Fsp3) is 0.429. The summed E-state index contributed by atoms with van der Waals surface area (Å²) in [7, 11) is -2.67. The number of fused-ring (bicyclic) bond motifs is 2. The van der Waals surface area contributed by atoms with Crippen molar-refractivity contribution in [2.24, 2.45) is 0 Å². The third-order valence-corrected chi connectivity index (χ3v) is 8.74. The van der Waals surface area contributed by atoms with Gasteiger partial charge in [-0.15, -0.1) is 0 Å². The molecule has 43 heavy (non-hydrogen) atoms. The number of nitrogens with zero attached hydrogens (tertiary/aromatic N) is 4. The maximum absolute atomic E-state index is 16.1. The van der Waals surface area contributed by atoms with Gasteiger partial charge in [-0.3, -0.25) is 13.9 Å². The monoisotopic (exact) mass is 616 g/mol. The summed E-state index contributed by atoms with van der Waals surface area (Å²) in [6, 6.07) is 11.4. The number of aryl methyl sites for hydroxylation is 1. The number of aromatic nitrogens is 4. The first-order valence-electron chi connectivity index (χ1n) is 13.7. The fourth-order valence-corrected chi connectivity index (χ4v) is 6.47. The minimum atomic E-state index is -4.35. The zero-order valence-corrected chi connectivity index (χ0v) is 25.2. The Balaban J connectivity index is 1.42. The first-order valence-corrected chi connectivity index (χ1v) is 15.3. The number of carbonyl (C=O) groups excluding carboxylic acids is 1. The molecule has 13 nitrogen and oxygen atoms in total. The van der Waals surface area contributed by atoms with Gasteiger partial charge in [0.05, 0.1) is 19.5 Å². The van der Waals surface area contributed by atoms with Crippen LogP contribution in [0.5, 0.6) is 5.75 Å². The van der Waals surface area contributed by atoms with Gasteiger partial charge in [0.15, 0.2) is 28.9 Å². The lowest BCUT2D eigenvalue weighted by molar-refractivity contribution is -0.144. The molecule has 2 aromatic carbocycles. The van der Waals surface area contributed by atoms with Crippen LogP contribution in [-0.4, -0.2) is 74.8 Å². The van der Waals surface area contributed by atoms with E-state index in [0.717, 1.165) is 5.39 Å². The van der Waals surface area contributed by atoms with Crippen molar-refractivity contribution in [2.75, 3.05) is 25.6 Å². The van der Waals surface area contributed by atoms with E-state index in [9.17, 15) is 14.5 Å². The number of nitrogens with one attached hydrogen (secondary N) is 2. The highest BCUT2D eigenvalue weighted by atomic mass is 31.2. The highest BCUT2D eigenvalue weighted by Gasteiger charge is 2.56. The Morgan fingerprint density at radius 1 is 1.26 bits per heavy atom. The Hall–Kier alpha value is -3.68. The molecule has 1 fully saturated rings. The molecule has 3 heterocycles. The van der Waals surface area contributed by atoms with Crippen molar-refractivity contribution in [3.63, 3.8) is 0 Å². The van der Waals surface area contributed by atoms with Crippen molar-refractivity contribution in [1.29, 1.82) is 0 Å². The lowest BCUT2D eigenvalue weighted by Gasteiger charge is -2.25. The number of benzene rings is 2. The first kappa shape index (κ1) is 30.8. The van der Waals surface area contributed by atoms with Crippen molar-refractivity contribution in [3.8, 4) is 5.75 Å². The molecule has 1 saturated heterocycles. The summed E-state index contributed by atoms with van der Waals surface area (Å²) in [6.07, 6.45) is -2.98. The van der Waals surface area contributed by atoms with E-state index in [4.69, 9.17) is 18.5 Å². The zero-order chi connectivity index (χ0) is 30.9. The van der Waals surface area contributed by atoms with E-state index < -0.39 is 50.5 Å². The second-order valence-electron chi connectivity index (χ2n) is 10.3. The van der Waals surface area contributed by atoms with Crippen LogP contribution in [0.25, 0.3) is 21.9 Å². The summed E-state index contributed by atoms with van der Waals surface area (Å²) in [4.78, 5) is 25.4. The van der Waals surface area contributed by atoms with E-state index >= 15 is 4.39 Å². The fourth-order valence-electron chi connectivity index (χ4n) is 4.95. The number of alkyl halides is 1. The molecule has 0 spiro atoms. The maximum atomic E-state index is 16.1. The SMILES string of the molecule is CCOC(=O)[C@H](C)NP(=O)(OC[C@H]1O[C@@H](n2cnc3c(NC)nc(C)nc32)[C@](C)(F)[C@@H]1O)Oc1cccc2ccccc12. The van der Waals surface area contributed by atoms with E-state index in [1.807, 2.05) is 18.2 Å². The number of halogens is 1. The van der Waals surface area contributed by atoms with Crippen molar-refractivity contribution in [1.82, 2.24) is 24.6 Å². The van der Waals surface area contributed by atoms with Gasteiger partial charge in [0, 0.05) is 12.4 Å². The number of esters is 1. The minimum absolute atomic E-state index is 0.113. The van der Waals surface area contributed by atoms with Crippen molar-refractivity contribution in [2.45, 2.75) is 57.8 Å². The third-order valence-electron chi connectivity index (χ3n) is 7.11. The summed E-state index contributed by atoms with van der Waals surface area (Å²) in [5.41, 5.74) is -1.63. The molecule has 1 aliphatic rings. The number of aliphatic hydroxyl groups is 1. The Kier molecular flexibility index (Phi) is 8.68. The van der Waals surface area contributed by atoms with E-state index in [2.05, 4.69) is 25.4 Å². The number of hydrogen-bond acceptors (Lipinski definition) is 11. The van der Waals surface area contributed by atoms with Gasteiger partial charge in [0.25, 0.3) is 0 Å². The summed E-state index contributed by atoms with van der Waals surface area (Å²) in [5.74, 6) is 0.428. The van der Waals surface area contributed by atoms with E-state index in [1.165, 1.54) is 24.7 Å². The molecule has 6 atom stereocenters. The van der Waals surface area contributed by atoms with Gasteiger partial charge in [0.1, 0.15) is 29.8 Å². The molecule has 0 radical (unpaired) electrons. The smallest absolute Gasteiger partial charge is 0.459 e. The molecule has 15 heteroatoms. The quantitative estimate of drug-likeness (QED) is 0.164. The Labute approximate surface area is 247 Å². The molecular weight excluding hydrogens is 582 g/mol. The molecule has 2 aromatic heterocycles. The van der Waals surface area contributed by atoms with Crippen LogP contribution in [0.1, 0.15) is 32.8 Å². The van der Waals surface area contributed by atoms with Crippen molar-refractivity contribution >= 4 is 41.5 Å².